The number of carbonyl (C=O) groups is 1. The van der Waals surface area contributed by atoms with Gasteiger partial charge in [0.2, 0.25) is 5.95 Å². The first kappa shape index (κ1) is 14.9. The van der Waals surface area contributed by atoms with Crippen LogP contribution in [-0.2, 0) is 30.6 Å². The molecule has 5 nitrogen and oxygen atoms in total. The molecule has 0 saturated heterocycles. The second-order valence-corrected chi connectivity index (χ2v) is 6.38. The first-order chi connectivity index (χ1) is 11.8. The second-order valence-electron chi connectivity index (χ2n) is 6.38. The third-order valence-corrected chi connectivity index (χ3v) is 4.72. The van der Waals surface area contributed by atoms with Gasteiger partial charge in [-0.2, -0.15) is 0 Å². The van der Waals surface area contributed by atoms with Crippen molar-refractivity contribution in [2.45, 2.75) is 31.8 Å². The van der Waals surface area contributed by atoms with E-state index in [2.05, 4.69) is 39.5 Å². The fourth-order valence-electron chi connectivity index (χ4n) is 3.54. The smallest absolute Gasteiger partial charge is 0.223 e. The van der Waals surface area contributed by atoms with Gasteiger partial charge in [-0.15, -0.1) is 0 Å². The average Bonchev–Trinajstić information content (AvgIpc) is 3.02. The number of allylic oxidation sites excluding steroid dienone is 1. The van der Waals surface area contributed by atoms with Crippen molar-refractivity contribution in [3.8, 4) is 0 Å². The number of hydrogen-bond acceptors (Lipinski definition) is 5. The Morgan fingerprint density at radius 3 is 2.71 bits per heavy atom. The predicted molar refractivity (Wildman–Crippen MR) is 92.6 cm³/mol. The number of nitrogens with zero attached hydrogens (tertiary/aromatic N) is 3. The lowest BCUT2D eigenvalue weighted by atomic mass is 10.1. The SMILES string of the molecule is O=CC=CN1CCc2nc(NC3Cc4ccccc4C3)ncc2C1. The van der Waals surface area contributed by atoms with Gasteiger partial charge in [0.25, 0.3) is 0 Å². The fraction of sp³-hybridized carbons (Fsp3) is 0.316. The van der Waals surface area contributed by atoms with Gasteiger partial charge in [0, 0.05) is 43.5 Å². The summed E-state index contributed by atoms with van der Waals surface area (Å²) in [5.74, 6) is 0.725. The van der Waals surface area contributed by atoms with Crippen LogP contribution in [0.15, 0.2) is 42.7 Å². The molecule has 122 valence electrons. The number of aromatic nitrogens is 2. The molecule has 2 aliphatic rings. The molecule has 4 rings (SSSR count). The van der Waals surface area contributed by atoms with Crippen molar-refractivity contribution in [3.05, 3.63) is 65.1 Å². The Bertz CT molecular complexity index is 762. The van der Waals surface area contributed by atoms with Crippen molar-refractivity contribution in [1.29, 1.82) is 0 Å². The molecule has 2 heterocycles. The van der Waals surface area contributed by atoms with Crippen molar-refractivity contribution >= 4 is 12.2 Å². The Hall–Kier alpha value is -2.69. The van der Waals surface area contributed by atoms with Gasteiger partial charge < -0.3 is 10.2 Å². The topological polar surface area (TPSA) is 58.1 Å². The summed E-state index contributed by atoms with van der Waals surface area (Å²) in [5.41, 5.74) is 5.09. The molecule has 1 aromatic heterocycles. The van der Waals surface area contributed by atoms with E-state index < -0.39 is 0 Å². The summed E-state index contributed by atoms with van der Waals surface area (Å²) in [6.45, 7) is 1.64. The molecular weight excluding hydrogens is 300 g/mol. The van der Waals surface area contributed by atoms with Crippen LogP contribution >= 0.6 is 0 Å². The third kappa shape index (κ3) is 3.02. The molecular formula is C19H20N4O. The van der Waals surface area contributed by atoms with E-state index in [1.54, 1.807) is 0 Å². The summed E-state index contributed by atoms with van der Waals surface area (Å²) in [4.78, 5) is 21.8. The highest BCUT2D eigenvalue weighted by molar-refractivity contribution is 5.64. The minimum Gasteiger partial charge on any atom is -0.372 e. The first-order valence-electron chi connectivity index (χ1n) is 8.36. The molecule has 24 heavy (non-hydrogen) atoms. The van der Waals surface area contributed by atoms with Gasteiger partial charge in [0.15, 0.2) is 0 Å². The Balaban J connectivity index is 1.44. The zero-order valence-corrected chi connectivity index (χ0v) is 13.5. The van der Waals surface area contributed by atoms with E-state index in [4.69, 9.17) is 4.98 Å². The minimum atomic E-state index is 0.371. The fourth-order valence-corrected chi connectivity index (χ4v) is 3.54. The van der Waals surface area contributed by atoms with Crippen molar-refractivity contribution < 1.29 is 4.79 Å². The van der Waals surface area contributed by atoms with Crippen LogP contribution in [-0.4, -0.2) is 33.7 Å². The van der Waals surface area contributed by atoms with Gasteiger partial charge >= 0.3 is 0 Å². The molecule has 0 saturated carbocycles. The van der Waals surface area contributed by atoms with Crippen LogP contribution in [0.2, 0.25) is 0 Å². The van der Waals surface area contributed by atoms with Gasteiger partial charge in [-0.25, -0.2) is 9.97 Å². The predicted octanol–water partition coefficient (Wildman–Crippen LogP) is 2.13. The molecule has 0 atom stereocenters. The molecule has 0 radical (unpaired) electrons. The van der Waals surface area contributed by atoms with Crippen LogP contribution < -0.4 is 5.32 Å². The van der Waals surface area contributed by atoms with E-state index in [-0.39, 0.29) is 0 Å². The van der Waals surface area contributed by atoms with Crippen LogP contribution in [0, 0.1) is 0 Å². The van der Waals surface area contributed by atoms with E-state index in [1.807, 2.05) is 12.4 Å². The summed E-state index contributed by atoms with van der Waals surface area (Å²) in [5, 5.41) is 3.49. The normalized spacial score (nSPS) is 16.9. The molecule has 1 aromatic carbocycles. The van der Waals surface area contributed by atoms with E-state index in [9.17, 15) is 4.79 Å². The highest BCUT2D eigenvalue weighted by Gasteiger charge is 2.22. The van der Waals surface area contributed by atoms with Gasteiger partial charge in [0.05, 0.1) is 5.69 Å². The number of fused-ring (bicyclic) bond motifs is 2. The Labute approximate surface area is 141 Å². The van der Waals surface area contributed by atoms with Crippen molar-refractivity contribution in [1.82, 2.24) is 14.9 Å². The molecule has 0 unspecified atom stereocenters. The maximum Gasteiger partial charge on any atom is 0.223 e. The van der Waals surface area contributed by atoms with Crippen LogP contribution in [0.5, 0.6) is 0 Å². The largest absolute Gasteiger partial charge is 0.372 e. The number of rotatable bonds is 4. The lowest BCUT2D eigenvalue weighted by Crippen LogP contribution is -2.28. The summed E-state index contributed by atoms with van der Waals surface area (Å²) >= 11 is 0. The Morgan fingerprint density at radius 1 is 1.17 bits per heavy atom. The monoisotopic (exact) mass is 320 g/mol. The quantitative estimate of drug-likeness (QED) is 0.691. The number of hydrogen-bond donors (Lipinski definition) is 1. The maximum atomic E-state index is 10.4. The van der Waals surface area contributed by atoms with Crippen molar-refractivity contribution in [2.75, 3.05) is 11.9 Å². The average molecular weight is 320 g/mol. The van der Waals surface area contributed by atoms with Crippen LogP contribution in [0.25, 0.3) is 0 Å². The second kappa shape index (κ2) is 6.43. The lowest BCUT2D eigenvalue weighted by molar-refractivity contribution is -0.104. The van der Waals surface area contributed by atoms with E-state index >= 15 is 0 Å². The van der Waals surface area contributed by atoms with Gasteiger partial charge in [-0.1, -0.05) is 24.3 Å². The third-order valence-electron chi connectivity index (χ3n) is 4.72. The zero-order chi connectivity index (χ0) is 16.4. The van der Waals surface area contributed by atoms with E-state index in [1.165, 1.54) is 17.2 Å². The standard InChI is InChI=1S/C19H20N4O/c24-9-3-7-23-8-6-18-16(13-23)12-20-19(22-18)21-17-10-14-4-1-2-5-15(14)11-17/h1-5,7,9,12,17H,6,8,10-11,13H2,(H,20,21,22). The number of aldehydes is 1. The first-order valence-corrected chi connectivity index (χ1v) is 8.36. The minimum absolute atomic E-state index is 0.371. The Morgan fingerprint density at radius 2 is 1.96 bits per heavy atom. The molecule has 1 N–H and O–H groups in total. The lowest BCUT2D eigenvalue weighted by Gasteiger charge is -2.26. The van der Waals surface area contributed by atoms with Gasteiger partial charge in [-0.05, 0) is 30.0 Å². The Kier molecular flexibility index (Phi) is 3.99. The molecule has 0 amide bonds. The van der Waals surface area contributed by atoms with E-state index in [0.717, 1.165) is 55.8 Å². The summed E-state index contributed by atoms with van der Waals surface area (Å²) in [7, 11) is 0. The van der Waals surface area contributed by atoms with Crippen molar-refractivity contribution in [2.24, 2.45) is 0 Å². The van der Waals surface area contributed by atoms with E-state index in [0.29, 0.717) is 6.04 Å². The molecule has 0 fully saturated rings. The summed E-state index contributed by atoms with van der Waals surface area (Å²) in [6.07, 6.45) is 9.01. The number of anilines is 1. The molecule has 2 aromatic rings. The molecule has 5 heteroatoms. The van der Waals surface area contributed by atoms with Crippen LogP contribution in [0.3, 0.4) is 0 Å². The van der Waals surface area contributed by atoms with Gasteiger partial charge in [-0.3, -0.25) is 4.79 Å². The number of benzene rings is 1. The molecule has 1 aliphatic carbocycles. The molecule has 1 aliphatic heterocycles. The van der Waals surface area contributed by atoms with Crippen LogP contribution in [0.4, 0.5) is 5.95 Å². The number of carbonyl (C=O) groups excluding carboxylic acids is 1. The highest BCUT2D eigenvalue weighted by Crippen LogP contribution is 2.24. The zero-order valence-electron chi connectivity index (χ0n) is 13.5. The molecule has 0 spiro atoms. The van der Waals surface area contributed by atoms with Gasteiger partial charge in [0.1, 0.15) is 6.29 Å². The summed E-state index contributed by atoms with van der Waals surface area (Å²) in [6, 6.07) is 8.97. The maximum absolute atomic E-state index is 10.4. The van der Waals surface area contributed by atoms with Crippen molar-refractivity contribution in [3.63, 3.8) is 0 Å². The highest BCUT2D eigenvalue weighted by atomic mass is 16.1. The number of nitrogens with one attached hydrogen (secondary N) is 1. The molecule has 0 bridgehead atoms. The van der Waals surface area contributed by atoms with Crippen LogP contribution in [0.1, 0.15) is 22.4 Å². The summed E-state index contributed by atoms with van der Waals surface area (Å²) < 4.78 is 0.